The van der Waals surface area contributed by atoms with E-state index in [-0.39, 0.29) is 18.1 Å². The summed E-state index contributed by atoms with van der Waals surface area (Å²) in [5.74, 6) is 1.14. The van der Waals surface area contributed by atoms with E-state index in [1.165, 1.54) is 11.1 Å². The Balaban J connectivity index is 1.06. The molecule has 0 radical (unpaired) electrons. The average Bonchev–Trinajstić information content (AvgIpc) is 3.57. The number of rotatable bonds is 12. The lowest BCUT2D eigenvalue weighted by Crippen LogP contribution is -2.36. The highest BCUT2D eigenvalue weighted by molar-refractivity contribution is 5.91. The maximum atomic E-state index is 12.8. The number of hydrogen-bond acceptors (Lipinski definition) is 6. The van der Waals surface area contributed by atoms with Crippen LogP contribution in [0.25, 0.3) is 11.1 Å². The van der Waals surface area contributed by atoms with Crippen molar-refractivity contribution in [2.75, 3.05) is 46.2 Å². The fourth-order valence-electron chi connectivity index (χ4n) is 6.47. The third kappa shape index (κ3) is 8.22. The number of aryl methyl sites for hydroxylation is 1. The van der Waals surface area contributed by atoms with Crippen molar-refractivity contribution in [1.82, 2.24) is 9.80 Å². The van der Waals surface area contributed by atoms with Gasteiger partial charge in [-0.1, -0.05) is 72.8 Å². The van der Waals surface area contributed by atoms with Crippen LogP contribution in [-0.2, 0) is 32.0 Å². The molecule has 1 N–H and O–H groups in total. The molecule has 8 nitrogen and oxygen atoms in total. The number of amides is 2. The van der Waals surface area contributed by atoms with Crippen molar-refractivity contribution in [2.45, 2.75) is 44.6 Å². The van der Waals surface area contributed by atoms with Crippen LogP contribution in [0.4, 0.5) is 10.5 Å². The molecule has 2 amide bonds. The van der Waals surface area contributed by atoms with Crippen LogP contribution in [0.15, 0.2) is 78.9 Å². The summed E-state index contributed by atoms with van der Waals surface area (Å²) in [7, 11) is 4.93. The Morgan fingerprint density at radius 2 is 1.58 bits per heavy atom. The minimum Gasteiger partial charge on any atom is -0.446 e. The second kappa shape index (κ2) is 14.6. The first-order chi connectivity index (χ1) is 20.9. The summed E-state index contributed by atoms with van der Waals surface area (Å²) in [5, 5.41) is 2.98. The molecule has 0 spiro atoms. The van der Waals surface area contributed by atoms with E-state index in [1.807, 2.05) is 54.6 Å². The second-order valence-corrected chi connectivity index (χ2v) is 11.7. The number of ether oxygens (including phenoxy) is 3. The Kier molecular flexibility index (Phi) is 10.5. The molecule has 1 saturated carbocycles. The molecule has 1 heterocycles. The summed E-state index contributed by atoms with van der Waals surface area (Å²) < 4.78 is 16.3. The minimum absolute atomic E-state index is 0.0527. The van der Waals surface area contributed by atoms with Gasteiger partial charge in [-0.2, -0.15) is 0 Å². The van der Waals surface area contributed by atoms with Gasteiger partial charge in [0.1, 0.15) is 6.10 Å². The SMILES string of the molecule is COC(CN(C)C(=O)CCc1cccc(CN2CC3CC(OC(=O)Nc4ccccc4-c4ccccc4)C[C@H]3C2)c1)OC. The lowest BCUT2D eigenvalue weighted by Gasteiger charge is -2.22. The highest BCUT2D eigenvalue weighted by atomic mass is 16.7. The van der Waals surface area contributed by atoms with Gasteiger partial charge in [-0.3, -0.25) is 15.0 Å². The normalized spacial score (nSPS) is 19.8. The fourth-order valence-corrected chi connectivity index (χ4v) is 6.47. The van der Waals surface area contributed by atoms with Gasteiger partial charge in [0.2, 0.25) is 5.91 Å². The largest absolute Gasteiger partial charge is 0.446 e. The van der Waals surface area contributed by atoms with E-state index in [1.54, 1.807) is 26.2 Å². The molecule has 3 aromatic carbocycles. The Bertz CT molecular complexity index is 1350. The van der Waals surface area contributed by atoms with Crippen molar-refractivity contribution in [3.63, 3.8) is 0 Å². The van der Waals surface area contributed by atoms with Gasteiger partial charge in [0.15, 0.2) is 6.29 Å². The quantitative estimate of drug-likeness (QED) is 0.270. The molecule has 228 valence electrons. The van der Waals surface area contributed by atoms with Crippen LogP contribution >= 0.6 is 0 Å². The summed E-state index contributed by atoms with van der Waals surface area (Å²) in [4.78, 5) is 29.6. The minimum atomic E-state index is -0.418. The Labute approximate surface area is 254 Å². The monoisotopic (exact) mass is 585 g/mol. The van der Waals surface area contributed by atoms with E-state index in [4.69, 9.17) is 14.2 Å². The van der Waals surface area contributed by atoms with Gasteiger partial charge in [0.25, 0.3) is 0 Å². The van der Waals surface area contributed by atoms with Crippen molar-refractivity contribution in [2.24, 2.45) is 11.8 Å². The molecule has 1 aliphatic heterocycles. The maximum absolute atomic E-state index is 12.8. The molecule has 3 aromatic rings. The van der Waals surface area contributed by atoms with Crippen LogP contribution in [-0.4, -0.2) is 75.1 Å². The average molecular weight is 586 g/mol. The van der Waals surface area contributed by atoms with E-state index in [0.29, 0.717) is 31.2 Å². The smallest absolute Gasteiger partial charge is 0.411 e. The molecular formula is C35H43N3O5. The third-order valence-corrected chi connectivity index (χ3v) is 8.71. The number of para-hydroxylation sites is 1. The first-order valence-corrected chi connectivity index (χ1v) is 15.1. The number of carbonyl (C=O) groups excluding carboxylic acids is 2. The number of likely N-dealkylation sites (N-methyl/N-ethyl adjacent to an activating group) is 1. The fraction of sp³-hybridized carbons (Fsp3) is 0.429. The van der Waals surface area contributed by atoms with E-state index in [9.17, 15) is 9.59 Å². The van der Waals surface area contributed by atoms with E-state index in [2.05, 4.69) is 34.5 Å². The van der Waals surface area contributed by atoms with Crippen LogP contribution in [0.3, 0.4) is 0 Å². The standard InChI is InChI=1S/C35H43N3O5/c1-37(24-34(41-2)42-3)33(39)17-16-25-10-9-11-26(18-25)21-38-22-28-19-30(20-29(28)23-38)43-35(40)36-32-15-8-7-14-31(32)27-12-5-4-6-13-27/h4-15,18,28-30,34H,16-17,19-24H2,1-3H3,(H,36,40)/t28-,29?,30?/m0/s1. The number of benzene rings is 3. The molecule has 0 bridgehead atoms. The van der Waals surface area contributed by atoms with Crippen molar-refractivity contribution in [3.05, 3.63) is 90.0 Å². The summed E-state index contributed by atoms with van der Waals surface area (Å²) in [6.07, 6.45) is 2.09. The Morgan fingerprint density at radius 3 is 2.30 bits per heavy atom. The summed E-state index contributed by atoms with van der Waals surface area (Å²) >= 11 is 0. The summed E-state index contributed by atoms with van der Waals surface area (Å²) in [5.41, 5.74) is 5.22. The molecule has 1 aliphatic carbocycles. The zero-order valence-electron chi connectivity index (χ0n) is 25.4. The molecule has 1 saturated heterocycles. The van der Waals surface area contributed by atoms with Crippen molar-refractivity contribution in [3.8, 4) is 11.1 Å². The predicted octanol–water partition coefficient (Wildman–Crippen LogP) is 5.82. The molecule has 2 fully saturated rings. The summed E-state index contributed by atoms with van der Waals surface area (Å²) in [6.45, 7) is 3.32. The zero-order chi connectivity index (χ0) is 30.2. The number of fused-ring (bicyclic) bond motifs is 1. The van der Waals surface area contributed by atoms with Gasteiger partial charge in [0.05, 0.1) is 12.2 Å². The summed E-state index contributed by atoms with van der Waals surface area (Å²) in [6, 6.07) is 26.4. The molecule has 2 aliphatic rings. The van der Waals surface area contributed by atoms with E-state index < -0.39 is 6.29 Å². The van der Waals surface area contributed by atoms with Gasteiger partial charge in [-0.05, 0) is 53.9 Å². The first kappa shape index (κ1) is 30.7. The second-order valence-electron chi connectivity index (χ2n) is 11.7. The number of anilines is 1. The Hall–Kier alpha value is -3.72. The molecule has 2 unspecified atom stereocenters. The lowest BCUT2D eigenvalue weighted by atomic mass is 10.0. The maximum Gasteiger partial charge on any atom is 0.411 e. The topological polar surface area (TPSA) is 80.3 Å². The Morgan fingerprint density at radius 1 is 0.907 bits per heavy atom. The highest BCUT2D eigenvalue weighted by Crippen LogP contribution is 2.40. The number of nitrogens with one attached hydrogen (secondary N) is 1. The first-order valence-electron chi connectivity index (χ1n) is 15.1. The number of hydrogen-bond donors (Lipinski definition) is 1. The van der Waals surface area contributed by atoms with Crippen LogP contribution < -0.4 is 5.32 Å². The molecule has 43 heavy (non-hydrogen) atoms. The van der Waals surface area contributed by atoms with Crippen molar-refractivity contribution < 1.29 is 23.8 Å². The van der Waals surface area contributed by atoms with Crippen LogP contribution in [0, 0.1) is 11.8 Å². The third-order valence-electron chi connectivity index (χ3n) is 8.71. The highest BCUT2D eigenvalue weighted by Gasteiger charge is 2.42. The van der Waals surface area contributed by atoms with Gasteiger partial charge >= 0.3 is 6.09 Å². The molecular weight excluding hydrogens is 542 g/mol. The number of carbonyl (C=O) groups is 2. The molecule has 0 aromatic heterocycles. The van der Waals surface area contributed by atoms with E-state index >= 15 is 0 Å². The number of likely N-dealkylation sites (tertiary alicyclic amines) is 1. The van der Waals surface area contributed by atoms with Gasteiger partial charge < -0.3 is 19.1 Å². The van der Waals surface area contributed by atoms with Gasteiger partial charge in [-0.15, -0.1) is 0 Å². The lowest BCUT2D eigenvalue weighted by molar-refractivity contribution is -0.143. The van der Waals surface area contributed by atoms with Gasteiger partial charge in [-0.25, -0.2) is 4.79 Å². The van der Waals surface area contributed by atoms with Crippen molar-refractivity contribution >= 4 is 17.7 Å². The van der Waals surface area contributed by atoms with Gasteiger partial charge in [0, 0.05) is 52.9 Å². The number of nitrogens with zero attached hydrogens (tertiary/aromatic N) is 2. The predicted molar refractivity (Wildman–Crippen MR) is 167 cm³/mol. The van der Waals surface area contributed by atoms with Crippen LogP contribution in [0.2, 0.25) is 0 Å². The molecule has 8 heteroatoms. The van der Waals surface area contributed by atoms with Crippen molar-refractivity contribution in [1.29, 1.82) is 0 Å². The zero-order valence-corrected chi connectivity index (χ0v) is 25.4. The molecule has 5 rings (SSSR count). The number of methoxy groups -OCH3 is 2. The van der Waals surface area contributed by atoms with Crippen LogP contribution in [0.5, 0.6) is 0 Å². The molecule has 3 atom stereocenters. The van der Waals surface area contributed by atoms with E-state index in [0.717, 1.165) is 49.3 Å². The van der Waals surface area contributed by atoms with Crippen LogP contribution in [0.1, 0.15) is 30.4 Å².